The number of nitrogens with zero attached hydrogens (tertiary/aromatic N) is 2. The Balaban J connectivity index is 1.72. The van der Waals surface area contributed by atoms with Gasteiger partial charge < -0.3 is 9.64 Å². The van der Waals surface area contributed by atoms with E-state index in [1.54, 1.807) is 4.90 Å². The molecule has 27 heavy (non-hydrogen) atoms. The number of rotatable bonds is 7. The Morgan fingerprint density at radius 1 is 1.15 bits per heavy atom. The zero-order chi connectivity index (χ0) is 19.2. The monoisotopic (exact) mass is 400 g/mol. The van der Waals surface area contributed by atoms with Crippen LogP contribution in [0.5, 0.6) is 5.75 Å². The van der Waals surface area contributed by atoms with Gasteiger partial charge >= 0.3 is 0 Å². The van der Waals surface area contributed by atoms with Crippen LogP contribution in [-0.2, 0) is 6.61 Å². The molecule has 0 aliphatic rings. The molecular weight excluding hydrogens is 380 g/mol. The van der Waals surface area contributed by atoms with E-state index in [4.69, 9.17) is 16.3 Å². The van der Waals surface area contributed by atoms with E-state index < -0.39 is 0 Å². The Morgan fingerprint density at radius 3 is 2.59 bits per heavy atom. The highest BCUT2D eigenvalue weighted by Gasteiger charge is 2.16. The average Bonchev–Trinajstić information content (AvgIpc) is 3.19. The van der Waals surface area contributed by atoms with E-state index in [0.29, 0.717) is 30.4 Å². The molecule has 0 N–H and O–H groups in total. The summed E-state index contributed by atoms with van der Waals surface area (Å²) in [5.74, 6) is 0.729. The maximum atomic E-state index is 12.4. The number of halogens is 1. The van der Waals surface area contributed by atoms with Crippen LogP contribution in [0.15, 0.2) is 53.9 Å². The number of ether oxygens (including phenoxy) is 1. The second-order valence-electron chi connectivity index (χ2n) is 5.96. The molecule has 2 aromatic carbocycles. The van der Waals surface area contributed by atoms with Gasteiger partial charge in [0, 0.05) is 29.1 Å². The van der Waals surface area contributed by atoms with Crippen molar-refractivity contribution >= 4 is 28.8 Å². The molecule has 4 nitrogen and oxygen atoms in total. The van der Waals surface area contributed by atoms with Crippen LogP contribution in [0.1, 0.15) is 29.9 Å². The van der Waals surface area contributed by atoms with Crippen molar-refractivity contribution in [3.8, 4) is 16.3 Å². The highest BCUT2D eigenvalue weighted by atomic mass is 35.5. The smallest absolute Gasteiger partial charge is 0.273 e. The highest BCUT2D eigenvalue weighted by molar-refractivity contribution is 7.13. The first-order chi connectivity index (χ1) is 13.1. The first kappa shape index (κ1) is 19.4. The molecule has 0 saturated carbocycles. The lowest BCUT2D eigenvalue weighted by Crippen LogP contribution is -2.30. The molecule has 0 fully saturated rings. The number of carbonyl (C=O) groups is 1. The lowest BCUT2D eigenvalue weighted by atomic mass is 10.2. The lowest BCUT2D eigenvalue weighted by molar-refractivity contribution is 0.0768. The summed E-state index contributed by atoms with van der Waals surface area (Å²) in [5.41, 5.74) is 2.48. The lowest BCUT2D eigenvalue weighted by Gasteiger charge is -2.16. The molecule has 1 amide bonds. The van der Waals surface area contributed by atoms with Crippen LogP contribution in [0, 0.1) is 0 Å². The maximum Gasteiger partial charge on any atom is 0.273 e. The first-order valence-corrected chi connectivity index (χ1v) is 10.1. The van der Waals surface area contributed by atoms with Crippen molar-refractivity contribution in [1.29, 1.82) is 0 Å². The number of carbonyl (C=O) groups excluding carboxylic acids is 1. The third-order valence-electron chi connectivity index (χ3n) is 4.17. The summed E-state index contributed by atoms with van der Waals surface area (Å²) in [6.07, 6.45) is 0. The van der Waals surface area contributed by atoms with Gasteiger partial charge in [-0.3, -0.25) is 4.79 Å². The van der Waals surface area contributed by atoms with Crippen LogP contribution in [0.25, 0.3) is 10.6 Å². The molecular formula is C21H21ClN2O2S. The molecule has 3 rings (SSSR count). The van der Waals surface area contributed by atoms with E-state index >= 15 is 0 Å². The molecule has 0 aliphatic carbocycles. The van der Waals surface area contributed by atoms with Crippen LogP contribution in [-0.4, -0.2) is 28.9 Å². The number of amides is 1. The summed E-state index contributed by atoms with van der Waals surface area (Å²) in [4.78, 5) is 18.7. The second kappa shape index (κ2) is 9.02. The summed E-state index contributed by atoms with van der Waals surface area (Å²) in [7, 11) is 0. The van der Waals surface area contributed by atoms with Crippen molar-refractivity contribution < 1.29 is 9.53 Å². The van der Waals surface area contributed by atoms with E-state index in [0.717, 1.165) is 21.9 Å². The van der Waals surface area contributed by atoms with E-state index in [2.05, 4.69) is 4.98 Å². The van der Waals surface area contributed by atoms with Gasteiger partial charge in [0.05, 0.1) is 0 Å². The standard InChI is InChI=1S/C21H21ClN2O2S/c1-3-24(4-2)21(25)19-14-27-20(23-19)16-6-5-7-18(12-16)26-13-15-8-10-17(22)11-9-15/h5-12,14H,3-4,13H2,1-2H3. The Bertz CT molecular complexity index is 905. The second-order valence-corrected chi connectivity index (χ2v) is 7.25. The molecule has 1 aromatic heterocycles. The van der Waals surface area contributed by atoms with E-state index in [-0.39, 0.29) is 5.91 Å². The van der Waals surface area contributed by atoms with Crippen LogP contribution in [0.3, 0.4) is 0 Å². The van der Waals surface area contributed by atoms with E-state index in [9.17, 15) is 4.79 Å². The fourth-order valence-corrected chi connectivity index (χ4v) is 3.56. The molecule has 0 saturated heterocycles. The van der Waals surface area contributed by atoms with Crippen molar-refractivity contribution in [2.75, 3.05) is 13.1 Å². The number of hydrogen-bond donors (Lipinski definition) is 0. The Labute approximate surface area is 168 Å². The van der Waals surface area contributed by atoms with Crippen molar-refractivity contribution in [3.05, 3.63) is 70.2 Å². The van der Waals surface area contributed by atoms with Gasteiger partial charge in [-0.05, 0) is 43.7 Å². The highest BCUT2D eigenvalue weighted by Crippen LogP contribution is 2.28. The first-order valence-electron chi connectivity index (χ1n) is 8.83. The minimum atomic E-state index is -0.0300. The Kier molecular flexibility index (Phi) is 6.48. The topological polar surface area (TPSA) is 42.4 Å². The van der Waals surface area contributed by atoms with Crippen LogP contribution < -0.4 is 4.74 Å². The minimum Gasteiger partial charge on any atom is -0.489 e. The van der Waals surface area contributed by atoms with Crippen molar-refractivity contribution in [3.63, 3.8) is 0 Å². The molecule has 0 unspecified atom stereocenters. The predicted molar refractivity (Wildman–Crippen MR) is 111 cm³/mol. The van der Waals surface area contributed by atoms with Gasteiger partial charge in [-0.2, -0.15) is 0 Å². The number of benzene rings is 2. The third kappa shape index (κ3) is 4.87. The normalized spacial score (nSPS) is 10.6. The van der Waals surface area contributed by atoms with E-state index in [1.165, 1.54) is 11.3 Å². The van der Waals surface area contributed by atoms with Crippen molar-refractivity contribution in [1.82, 2.24) is 9.88 Å². The van der Waals surface area contributed by atoms with Gasteiger partial charge in [0.2, 0.25) is 0 Å². The summed E-state index contributed by atoms with van der Waals surface area (Å²) >= 11 is 7.37. The zero-order valence-electron chi connectivity index (χ0n) is 15.3. The van der Waals surface area contributed by atoms with Crippen LogP contribution in [0.4, 0.5) is 0 Å². The Morgan fingerprint density at radius 2 is 1.89 bits per heavy atom. The van der Waals surface area contributed by atoms with Crippen molar-refractivity contribution in [2.24, 2.45) is 0 Å². The number of hydrogen-bond acceptors (Lipinski definition) is 4. The fraction of sp³-hybridized carbons (Fsp3) is 0.238. The zero-order valence-corrected chi connectivity index (χ0v) is 16.9. The van der Waals surface area contributed by atoms with Gasteiger partial charge in [-0.25, -0.2) is 4.98 Å². The molecule has 0 spiro atoms. The summed E-state index contributed by atoms with van der Waals surface area (Å²) in [6.45, 7) is 5.75. The molecule has 3 aromatic rings. The van der Waals surface area contributed by atoms with Gasteiger partial charge in [0.25, 0.3) is 5.91 Å². The van der Waals surface area contributed by atoms with Crippen LogP contribution >= 0.6 is 22.9 Å². The molecule has 0 aliphatic heterocycles. The SMILES string of the molecule is CCN(CC)C(=O)c1csc(-c2cccc(OCc3ccc(Cl)cc3)c2)n1. The maximum absolute atomic E-state index is 12.4. The third-order valence-corrected chi connectivity index (χ3v) is 5.32. The quantitative estimate of drug-likeness (QED) is 0.524. The molecule has 0 radical (unpaired) electrons. The molecule has 0 atom stereocenters. The predicted octanol–water partition coefficient (Wildman–Crippen LogP) is 5.52. The minimum absolute atomic E-state index is 0.0300. The largest absolute Gasteiger partial charge is 0.489 e. The van der Waals surface area contributed by atoms with Gasteiger partial charge in [-0.1, -0.05) is 35.9 Å². The van der Waals surface area contributed by atoms with Gasteiger partial charge in [0.15, 0.2) is 0 Å². The molecule has 140 valence electrons. The van der Waals surface area contributed by atoms with Gasteiger partial charge in [-0.15, -0.1) is 11.3 Å². The summed E-state index contributed by atoms with van der Waals surface area (Å²) in [5, 5.41) is 3.33. The van der Waals surface area contributed by atoms with Gasteiger partial charge in [0.1, 0.15) is 23.1 Å². The summed E-state index contributed by atoms with van der Waals surface area (Å²) in [6, 6.07) is 15.3. The molecule has 6 heteroatoms. The molecule has 0 bridgehead atoms. The van der Waals surface area contributed by atoms with Crippen LogP contribution in [0.2, 0.25) is 5.02 Å². The van der Waals surface area contributed by atoms with Crippen molar-refractivity contribution in [2.45, 2.75) is 20.5 Å². The summed E-state index contributed by atoms with van der Waals surface area (Å²) < 4.78 is 5.88. The average molecular weight is 401 g/mol. The number of aromatic nitrogens is 1. The molecule has 1 heterocycles. The fourth-order valence-electron chi connectivity index (χ4n) is 2.64. The Hall–Kier alpha value is -2.37. The number of thiazole rings is 1. The van der Waals surface area contributed by atoms with E-state index in [1.807, 2.05) is 67.8 Å².